The summed E-state index contributed by atoms with van der Waals surface area (Å²) < 4.78 is 20.0. The van der Waals surface area contributed by atoms with Crippen LogP contribution in [0.2, 0.25) is 5.02 Å². The van der Waals surface area contributed by atoms with Crippen LogP contribution in [0.15, 0.2) is 42.7 Å². The second-order valence-electron chi connectivity index (χ2n) is 7.67. The topological polar surface area (TPSA) is 93.3 Å². The highest BCUT2D eigenvalue weighted by Crippen LogP contribution is 2.35. The average Bonchev–Trinajstić information content (AvgIpc) is 3.41. The van der Waals surface area contributed by atoms with Crippen molar-refractivity contribution in [3.8, 4) is 28.6 Å². The Labute approximate surface area is 200 Å². The van der Waals surface area contributed by atoms with Crippen LogP contribution in [0, 0.1) is 0 Å². The number of imidazole rings is 1. The minimum Gasteiger partial charge on any atom is -0.497 e. The van der Waals surface area contributed by atoms with E-state index in [-0.39, 0.29) is 12.3 Å². The van der Waals surface area contributed by atoms with E-state index in [0.29, 0.717) is 46.8 Å². The van der Waals surface area contributed by atoms with Crippen LogP contribution in [-0.4, -0.2) is 51.1 Å². The average molecular weight is 480 g/mol. The van der Waals surface area contributed by atoms with Gasteiger partial charge in [-0.3, -0.25) is 4.57 Å². The van der Waals surface area contributed by atoms with Gasteiger partial charge in [-0.15, -0.1) is 10.2 Å². The molecule has 0 amide bonds. The van der Waals surface area contributed by atoms with Gasteiger partial charge in [-0.25, -0.2) is 9.78 Å². The van der Waals surface area contributed by atoms with E-state index >= 15 is 0 Å². The summed E-state index contributed by atoms with van der Waals surface area (Å²) in [5, 5.41) is 9.55. The number of rotatable bonds is 6. The summed E-state index contributed by atoms with van der Waals surface area (Å²) in [6.45, 7) is 2.36. The first-order valence-electron chi connectivity index (χ1n) is 10.7. The predicted molar refractivity (Wildman–Crippen MR) is 125 cm³/mol. The van der Waals surface area contributed by atoms with Gasteiger partial charge in [0.05, 0.1) is 38.8 Å². The van der Waals surface area contributed by atoms with E-state index in [1.54, 1.807) is 33.5 Å². The number of hydrogen-bond acceptors (Lipinski definition) is 7. The fraction of sp³-hybridized carbons (Fsp3) is 0.250. The molecule has 0 unspecified atom stereocenters. The van der Waals surface area contributed by atoms with Crippen molar-refractivity contribution in [1.29, 1.82) is 0 Å². The molecular weight excluding hydrogens is 458 g/mol. The molecule has 2 aromatic heterocycles. The number of esters is 1. The van der Waals surface area contributed by atoms with Gasteiger partial charge in [-0.2, -0.15) is 0 Å². The maximum Gasteiger partial charge on any atom is 0.358 e. The molecule has 174 valence electrons. The van der Waals surface area contributed by atoms with Crippen LogP contribution in [0.25, 0.3) is 17.1 Å². The lowest BCUT2D eigenvalue weighted by atomic mass is 10.1. The zero-order valence-electron chi connectivity index (χ0n) is 18.9. The normalized spacial score (nSPS) is 11.8. The number of ether oxygens (including phenoxy) is 3. The number of nitrogens with zero attached hydrogens (tertiary/aromatic N) is 5. The molecule has 5 rings (SSSR count). The molecule has 2 aromatic carbocycles. The van der Waals surface area contributed by atoms with Crippen LogP contribution in [0.3, 0.4) is 0 Å². The number of carbonyl (C=O) groups is 1. The largest absolute Gasteiger partial charge is 0.497 e. The summed E-state index contributed by atoms with van der Waals surface area (Å²) in [6.07, 6.45) is 2.08. The molecule has 34 heavy (non-hydrogen) atoms. The Morgan fingerprint density at radius 3 is 2.74 bits per heavy atom. The first kappa shape index (κ1) is 22.0. The lowest BCUT2D eigenvalue weighted by molar-refractivity contribution is 0.0518. The highest BCUT2D eigenvalue weighted by molar-refractivity contribution is 6.31. The van der Waals surface area contributed by atoms with Gasteiger partial charge in [0.15, 0.2) is 11.5 Å². The summed E-state index contributed by atoms with van der Waals surface area (Å²) in [4.78, 5) is 17.0. The van der Waals surface area contributed by atoms with Crippen LogP contribution < -0.4 is 9.47 Å². The van der Waals surface area contributed by atoms with Crippen molar-refractivity contribution in [2.75, 3.05) is 20.8 Å². The molecule has 0 aliphatic carbocycles. The van der Waals surface area contributed by atoms with Gasteiger partial charge in [0.2, 0.25) is 0 Å². The Bertz CT molecular complexity index is 1390. The number of methoxy groups -OCH3 is 2. The maximum atomic E-state index is 12.6. The van der Waals surface area contributed by atoms with Crippen LogP contribution in [0.5, 0.6) is 11.5 Å². The van der Waals surface area contributed by atoms with E-state index in [4.69, 9.17) is 25.8 Å². The first-order chi connectivity index (χ1) is 16.5. The van der Waals surface area contributed by atoms with Crippen LogP contribution in [0.4, 0.5) is 0 Å². The summed E-state index contributed by atoms with van der Waals surface area (Å²) in [7, 11) is 3.23. The quantitative estimate of drug-likeness (QED) is 0.340. The fourth-order valence-corrected chi connectivity index (χ4v) is 4.32. The van der Waals surface area contributed by atoms with Gasteiger partial charge in [0, 0.05) is 28.6 Å². The van der Waals surface area contributed by atoms with Crippen LogP contribution in [-0.2, 0) is 17.7 Å². The van der Waals surface area contributed by atoms with Crippen molar-refractivity contribution in [3.63, 3.8) is 0 Å². The summed E-state index contributed by atoms with van der Waals surface area (Å²) in [6, 6.07) is 11.2. The molecular formula is C24H22ClN5O4. The minimum atomic E-state index is -0.471. The number of fused-ring (bicyclic) bond motifs is 5. The molecule has 0 radical (unpaired) electrons. The number of carbonyl (C=O) groups excluding carboxylic acids is 1. The molecule has 0 N–H and O–H groups in total. The fourth-order valence-electron chi connectivity index (χ4n) is 4.15. The van der Waals surface area contributed by atoms with Crippen molar-refractivity contribution in [3.05, 3.63) is 70.5 Å². The Kier molecular flexibility index (Phi) is 5.70. The zero-order chi connectivity index (χ0) is 23.8. The van der Waals surface area contributed by atoms with E-state index in [1.807, 2.05) is 39.5 Å². The van der Waals surface area contributed by atoms with Crippen molar-refractivity contribution in [1.82, 2.24) is 24.3 Å². The SMILES string of the molecule is CCOC(=O)c1ncn2c1Cn1c(Cc3ccc(OC)cc3OC)nnc1-c1cc(Cl)ccc1-2. The van der Waals surface area contributed by atoms with Gasteiger partial charge in [-0.05, 0) is 31.2 Å². The lowest BCUT2D eigenvalue weighted by Crippen LogP contribution is -2.14. The lowest BCUT2D eigenvalue weighted by Gasteiger charge is -2.12. The Balaban J connectivity index is 1.65. The van der Waals surface area contributed by atoms with Crippen LogP contribution >= 0.6 is 11.6 Å². The molecule has 9 nitrogen and oxygen atoms in total. The summed E-state index contributed by atoms with van der Waals surface area (Å²) >= 11 is 6.34. The molecule has 0 saturated carbocycles. The Hall–Kier alpha value is -3.85. The third-order valence-corrected chi connectivity index (χ3v) is 6.01. The van der Waals surface area contributed by atoms with Gasteiger partial charge in [-0.1, -0.05) is 17.7 Å². The smallest absolute Gasteiger partial charge is 0.358 e. The standard InChI is InChI=1S/C24H22ClN5O4/c1-4-34-24(31)22-19-12-29-21(9-14-5-7-16(32-2)11-20(14)33-3)27-28-23(29)17-10-15(25)6-8-18(17)30(19)13-26-22/h5-8,10-11,13H,4,9,12H2,1-3H3. The number of benzene rings is 2. The van der Waals surface area contributed by atoms with Crippen molar-refractivity contribution in [2.24, 2.45) is 0 Å². The van der Waals surface area contributed by atoms with Gasteiger partial charge in [0.1, 0.15) is 23.7 Å². The van der Waals surface area contributed by atoms with E-state index in [9.17, 15) is 4.79 Å². The molecule has 0 bridgehead atoms. The van der Waals surface area contributed by atoms with Crippen molar-refractivity contribution >= 4 is 17.6 Å². The van der Waals surface area contributed by atoms with Gasteiger partial charge < -0.3 is 18.8 Å². The predicted octanol–water partition coefficient (Wildman–Crippen LogP) is 3.93. The first-order valence-corrected chi connectivity index (χ1v) is 11.1. The van der Waals surface area contributed by atoms with E-state index in [1.165, 1.54) is 0 Å². The molecule has 4 aromatic rings. The highest BCUT2D eigenvalue weighted by atomic mass is 35.5. The molecule has 1 aliphatic rings. The summed E-state index contributed by atoms with van der Waals surface area (Å²) in [5.41, 5.74) is 3.47. The zero-order valence-corrected chi connectivity index (χ0v) is 19.7. The molecule has 0 saturated heterocycles. The molecule has 3 heterocycles. The third-order valence-electron chi connectivity index (χ3n) is 5.77. The Morgan fingerprint density at radius 1 is 1.12 bits per heavy atom. The van der Waals surface area contributed by atoms with E-state index < -0.39 is 5.97 Å². The van der Waals surface area contributed by atoms with Crippen LogP contribution in [0.1, 0.15) is 34.5 Å². The maximum absolute atomic E-state index is 12.6. The summed E-state index contributed by atoms with van der Waals surface area (Å²) in [5.74, 6) is 2.27. The second kappa shape index (κ2) is 8.83. The molecule has 0 atom stereocenters. The van der Waals surface area contributed by atoms with E-state index in [2.05, 4.69) is 15.2 Å². The molecule has 1 aliphatic heterocycles. The Morgan fingerprint density at radius 2 is 1.97 bits per heavy atom. The molecule has 0 spiro atoms. The highest BCUT2D eigenvalue weighted by Gasteiger charge is 2.29. The minimum absolute atomic E-state index is 0.261. The third kappa shape index (κ3) is 3.67. The van der Waals surface area contributed by atoms with Crippen molar-refractivity contribution < 1.29 is 19.0 Å². The molecule has 10 heteroatoms. The van der Waals surface area contributed by atoms with Crippen molar-refractivity contribution in [2.45, 2.75) is 19.9 Å². The van der Waals surface area contributed by atoms with Gasteiger partial charge >= 0.3 is 5.97 Å². The molecule has 0 fully saturated rings. The van der Waals surface area contributed by atoms with E-state index in [0.717, 1.165) is 16.8 Å². The monoisotopic (exact) mass is 479 g/mol. The van der Waals surface area contributed by atoms with Gasteiger partial charge in [0.25, 0.3) is 0 Å². The number of aromatic nitrogens is 5. The number of halogens is 1. The second-order valence-corrected chi connectivity index (χ2v) is 8.11. The number of hydrogen-bond donors (Lipinski definition) is 0.